The minimum Gasteiger partial charge on any atom is -0.388 e. The molecule has 0 aromatic rings. The van der Waals surface area contributed by atoms with Crippen molar-refractivity contribution in [2.24, 2.45) is 0 Å². The van der Waals surface area contributed by atoms with Gasteiger partial charge in [-0.3, -0.25) is 14.4 Å². The molecule has 3 aliphatic rings. The van der Waals surface area contributed by atoms with E-state index in [1.165, 1.54) is 0 Å². The molecule has 3 fully saturated rings. The summed E-state index contributed by atoms with van der Waals surface area (Å²) < 4.78 is 38.9. The van der Waals surface area contributed by atoms with Crippen LogP contribution in [0, 0.1) is 0 Å². The van der Waals surface area contributed by atoms with E-state index in [1.807, 2.05) is 0 Å². The number of fused-ring (bicyclic) bond motifs is 2. The van der Waals surface area contributed by atoms with Gasteiger partial charge in [0.15, 0.2) is 4.87 Å². The fourth-order valence-electron chi connectivity index (χ4n) is 4.11. The van der Waals surface area contributed by atoms with Crippen molar-refractivity contribution in [1.82, 2.24) is 9.80 Å². The van der Waals surface area contributed by atoms with Gasteiger partial charge in [-0.2, -0.15) is 8.42 Å². The Hall–Kier alpha value is -0.250. The van der Waals surface area contributed by atoms with Gasteiger partial charge in [-0.15, -0.1) is 0 Å². The molecule has 116 valence electrons. The Balaban J connectivity index is 1.94. The quantitative estimate of drug-likeness (QED) is 0.641. The third kappa shape index (κ3) is 1.93. The molecular formula is C12H22N2O5S. The molecule has 7 nitrogen and oxygen atoms in total. The zero-order valence-corrected chi connectivity index (χ0v) is 12.4. The predicted molar refractivity (Wildman–Crippen MR) is 71.9 cm³/mol. The molecule has 0 spiro atoms. The van der Waals surface area contributed by atoms with E-state index in [1.54, 1.807) is 11.9 Å². The SMILES string of the molecule is CN1[C@H]2CC[C@]1(S(=O)(=O)O)C(O)C(N1CCOCC1)C2. The molecule has 0 aliphatic carbocycles. The first-order valence-corrected chi connectivity index (χ1v) is 8.52. The zero-order valence-electron chi connectivity index (χ0n) is 11.6. The lowest BCUT2D eigenvalue weighted by Crippen LogP contribution is -2.69. The van der Waals surface area contributed by atoms with Gasteiger partial charge >= 0.3 is 0 Å². The van der Waals surface area contributed by atoms with Crippen LogP contribution in [0.5, 0.6) is 0 Å². The monoisotopic (exact) mass is 306 g/mol. The molecule has 3 aliphatic heterocycles. The lowest BCUT2D eigenvalue weighted by Gasteiger charge is -2.50. The van der Waals surface area contributed by atoms with E-state index in [0.29, 0.717) is 32.7 Å². The van der Waals surface area contributed by atoms with E-state index in [4.69, 9.17) is 4.74 Å². The third-order valence-corrected chi connectivity index (χ3v) is 6.91. The second-order valence-electron chi connectivity index (χ2n) is 6.02. The largest absolute Gasteiger partial charge is 0.388 e. The predicted octanol–water partition coefficient (Wildman–Crippen LogP) is -0.870. The Bertz CT molecular complexity index is 478. The Kier molecular flexibility index (Phi) is 3.59. The van der Waals surface area contributed by atoms with Crippen molar-refractivity contribution in [3.05, 3.63) is 0 Å². The van der Waals surface area contributed by atoms with Crippen molar-refractivity contribution < 1.29 is 22.8 Å². The van der Waals surface area contributed by atoms with E-state index in [9.17, 15) is 18.1 Å². The highest BCUT2D eigenvalue weighted by atomic mass is 32.2. The van der Waals surface area contributed by atoms with Crippen LogP contribution in [0.2, 0.25) is 0 Å². The third-order valence-electron chi connectivity index (χ3n) is 5.28. The Morgan fingerprint density at radius 1 is 1.30 bits per heavy atom. The molecular weight excluding hydrogens is 284 g/mol. The summed E-state index contributed by atoms with van der Waals surface area (Å²) in [7, 11) is -2.66. The number of ether oxygens (including phenoxy) is 1. The van der Waals surface area contributed by atoms with Crippen molar-refractivity contribution in [2.75, 3.05) is 33.4 Å². The maximum absolute atomic E-state index is 11.9. The summed E-state index contributed by atoms with van der Waals surface area (Å²) in [5.74, 6) is 0. The molecule has 8 heteroatoms. The van der Waals surface area contributed by atoms with Crippen LogP contribution in [0.25, 0.3) is 0 Å². The fraction of sp³-hybridized carbons (Fsp3) is 1.00. The van der Waals surface area contributed by atoms with Crippen LogP contribution in [0.4, 0.5) is 0 Å². The van der Waals surface area contributed by atoms with Gasteiger partial charge in [0.05, 0.1) is 13.2 Å². The van der Waals surface area contributed by atoms with Crippen LogP contribution < -0.4 is 0 Å². The average Bonchev–Trinajstić information content (AvgIpc) is 2.64. The van der Waals surface area contributed by atoms with E-state index >= 15 is 0 Å². The van der Waals surface area contributed by atoms with Gasteiger partial charge in [0.2, 0.25) is 0 Å². The van der Waals surface area contributed by atoms with Gasteiger partial charge in [-0.25, -0.2) is 0 Å². The van der Waals surface area contributed by atoms with Crippen LogP contribution in [0.15, 0.2) is 0 Å². The molecule has 4 atom stereocenters. The summed E-state index contributed by atoms with van der Waals surface area (Å²) in [6.45, 7) is 2.59. The molecule has 3 saturated heterocycles. The molecule has 2 N–H and O–H groups in total. The summed E-state index contributed by atoms with van der Waals surface area (Å²) in [5.41, 5.74) is 0. The maximum atomic E-state index is 11.9. The van der Waals surface area contributed by atoms with Gasteiger partial charge < -0.3 is 9.84 Å². The number of aliphatic hydroxyl groups excluding tert-OH is 1. The highest BCUT2D eigenvalue weighted by molar-refractivity contribution is 7.87. The van der Waals surface area contributed by atoms with Gasteiger partial charge in [0.1, 0.15) is 6.10 Å². The van der Waals surface area contributed by atoms with Gasteiger partial charge in [-0.05, 0) is 26.3 Å². The first-order chi connectivity index (χ1) is 9.38. The van der Waals surface area contributed by atoms with Gasteiger partial charge in [0.25, 0.3) is 10.1 Å². The van der Waals surface area contributed by atoms with Gasteiger partial charge in [-0.1, -0.05) is 0 Å². The van der Waals surface area contributed by atoms with Crippen LogP contribution in [0.3, 0.4) is 0 Å². The second-order valence-corrected chi connectivity index (χ2v) is 7.68. The number of likely N-dealkylation sites (N-methyl/N-ethyl adjacent to an activating group) is 1. The number of aliphatic hydroxyl groups is 1. The van der Waals surface area contributed by atoms with Crippen LogP contribution in [0.1, 0.15) is 19.3 Å². The van der Waals surface area contributed by atoms with E-state index in [0.717, 1.165) is 6.42 Å². The first-order valence-electron chi connectivity index (χ1n) is 7.08. The summed E-state index contributed by atoms with van der Waals surface area (Å²) >= 11 is 0. The standard InChI is InChI=1S/C12H22N2O5S/c1-13-9-2-3-12(13,20(16,17)18)11(15)10(8-9)14-4-6-19-7-5-14/h9-11,15H,2-8H2,1H3,(H,16,17,18)/t9-,10?,11?,12-/m0/s1. The van der Waals surface area contributed by atoms with Crippen molar-refractivity contribution in [2.45, 2.75) is 42.3 Å². The summed E-state index contributed by atoms with van der Waals surface area (Å²) in [6.07, 6.45) is 0.609. The molecule has 0 aromatic heterocycles. The second kappa shape index (κ2) is 4.89. The number of hydrogen-bond donors (Lipinski definition) is 2. The highest BCUT2D eigenvalue weighted by Gasteiger charge is 2.64. The molecule has 3 rings (SSSR count). The van der Waals surface area contributed by atoms with Crippen molar-refractivity contribution in [3.8, 4) is 0 Å². The normalized spacial score (nSPS) is 43.9. The summed E-state index contributed by atoms with van der Waals surface area (Å²) in [5, 5.41) is 10.7. The van der Waals surface area contributed by atoms with E-state index in [-0.39, 0.29) is 18.5 Å². The molecule has 2 bridgehead atoms. The summed E-state index contributed by atoms with van der Waals surface area (Å²) in [4.78, 5) is 2.21. The van der Waals surface area contributed by atoms with Crippen molar-refractivity contribution in [1.29, 1.82) is 0 Å². The maximum Gasteiger partial charge on any atom is 0.286 e. The molecule has 20 heavy (non-hydrogen) atoms. The lowest BCUT2D eigenvalue weighted by atomic mass is 9.92. The number of nitrogens with zero attached hydrogens (tertiary/aromatic N) is 2. The molecule has 0 aromatic carbocycles. The van der Waals surface area contributed by atoms with Crippen LogP contribution in [-0.4, -0.2) is 84.3 Å². The number of piperidine rings is 1. The average molecular weight is 306 g/mol. The molecule has 0 amide bonds. The minimum atomic E-state index is -4.35. The topological polar surface area (TPSA) is 90.3 Å². The minimum absolute atomic E-state index is 0.0909. The number of hydrogen-bond acceptors (Lipinski definition) is 6. The van der Waals surface area contributed by atoms with Crippen LogP contribution in [-0.2, 0) is 14.9 Å². The molecule has 0 saturated carbocycles. The number of morpholine rings is 1. The molecule has 2 unspecified atom stereocenters. The Morgan fingerprint density at radius 3 is 2.55 bits per heavy atom. The summed E-state index contributed by atoms with van der Waals surface area (Å²) in [6, 6.07) is -0.141. The van der Waals surface area contributed by atoms with E-state index in [2.05, 4.69) is 4.90 Å². The number of rotatable bonds is 2. The molecule has 3 heterocycles. The zero-order chi connectivity index (χ0) is 14.5. The van der Waals surface area contributed by atoms with Gasteiger partial charge in [0, 0.05) is 25.2 Å². The van der Waals surface area contributed by atoms with E-state index < -0.39 is 21.1 Å². The smallest absolute Gasteiger partial charge is 0.286 e. The van der Waals surface area contributed by atoms with Crippen molar-refractivity contribution in [3.63, 3.8) is 0 Å². The lowest BCUT2D eigenvalue weighted by molar-refractivity contribution is -0.0862. The van der Waals surface area contributed by atoms with Crippen LogP contribution >= 0.6 is 0 Å². The Labute approximate surface area is 119 Å². The van der Waals surface area contributed by atoms with Crippen molar-refractivity contribution >= 4 is 10.1 Å². The molecule has 0 radical (unpaired) electrons. The Morgan fingerprint density at radius 2 is 1.95 bits per heavy atom. The fourth-order valence-corrected chi connectivity index (χ4v) is 5.47. The highest BCUT2D eigenvalue weighted by Crippen LogP contribution is 2.47. The first kappa shape index (κ1) is 14.7.